The lowest BCUT2D eigenvalue weighted by molar-refractivity contribution is -0.142. The summed E-state index contributed by atoms with van der Waals surface area (Å²) in [5, 5.41) is 0. The maximum Gasteiger partial charge on any atom is 0.309 e. The van der Waals surface area contributed by atoms with Crippen molar-refractivity contribution < 1.29 is 14.3 Å². The third-order valence-corrected chi connectivity index (χ3v) is 2.90. The van der Waals surface area contributed by atoms with E-state index in [-0.39, 0.29) is 18.3 Å². The number of rotatable bonds is 5. The first-order chi connectivity index (χ1) is 8.17. The number of thiophene rings is 1. The Morgan fingerprint density at radius 2 is 2.29 bits per heavy atom. The smallest absolute Gasteiger partial charge is 0.309 e. The molecule has 0 atom stereocenters. The molecule has 0 aliphatic rings. The average Bonchev–Trinajstić information content (AvgIpc) is 2.77. The van der Waals surface area contributed by atoms with Crippen molar-refractivity contribution in [3.05, 3.63) is 28.0 Å². The summed E-state index contributed by atoms with van der Waals surface area (Å²) in [6.07, 6.45) is 3.70. The molecule has 1 aromatic rings. The highest BCUT2D eigenvalue weighted by Gasteiger charge is 2.05. The predicted octanol–water partition coefficient (Wildman–Crippen LogP) is 1.32. The Morgan fingerprint density at radius 3 is 2.94 bits per heavy atom. The molecule has 3 N–H and O–H groups in total. The van der Waals surface area contributed by atoms with Gasteiger partial charge in [0.15, 0.2) is 0 Å². The van der Waals surface area contributed by atoms with Gasteiger partial charge in [0, 0.05) is 4.88 Å². The highest BCUT2D eigenvalue weighted by molar-refractivity contribution is 7.14. The molecule has 17 heavy (non-hydrogen) atoms. The number of hydrogen-bond donors (Lipinski definition) is 2. The molecule has 5 nitrogen and oxygen atoms in total. The highest BCUT2D eigenvalue weighted by atomic mass is 32.1. The van der Waals surface area contributed by atoms with Crippen LogP contribution in [0.2, 0.25) is 0 Å². The van der Waals surface area contributed by atoms with Crippen LogP contribution >= 0.6 is 11.3 Å². The van der Waals surface area contributed by atoms with E-state index >= 15 is 0 Å². The average molecular weight is 254 g/mol. The second-order valence-corrected chi connectivity index (χ2v) is 4.20. The van der Waals surface area contributed by atoms with Gasteiger partial charge in [-0.05, 0) is 25.1 Å². The molecule has 0 unspecified atom stereocenters. The van der Waals surface area contributed by atoms with Crippen molar-refractivity contribution in [2.45, 2.75) is 13.3 Å². The number of esters is 1. The number of carbonyl (C=O) groups is 2. The number of nitrogens with one attached hydrogen (secondary N) is 1. The van der Waals surface area contributed by atoms with E-state index in [1.165, 1.54) is 11.3 Å². The van der Waals surface area contributed by atoms with Crippen molar-refractivity contribution >= 4 is 29.3 Å². The van der Waals surface area contributed by atoms with E-state index in [1.807, 2.05) is 0 Å². The molecule has 1 rings (SSSR count). The van der Waals surface area contributed by atoms with E-state index in [0.717, 1.165) is 4.88 Å². The normalized spacial score (nSPS) is 10.5. The van der Waals surface area contributed by atoms with Crippen LogP contribution in [0.1, 0.15) is 27.9 Å². The van der Waals surface area contributed by atoms with Crippen LogP contribution < -0.4 is 11.3 Å². The third kappa shape index (κ3) is 4.38. The standard InChI is InChI=1S/C11H14N2O3S/c1-2-16-10(14)5-3-4-8-6-7-9(17-8)11(15)13-12/h3-4,6-7H,2,5,12H2,1H3,(H,13,15). The first-order valence-corrected chi connectivity index (χ1v) is 5.92. The van der Waals surface area contributed by atoms with Crippen LogP contribution in [0.15, 0.2) is 18.2 Å². The summed E-state index contributed by atoms with van der Waals surface area (Å²) >= 11 is 1.30. The molecule has 0 aliphatic heterocycles. The van der Waals surface area contributed by atoms with Crippen LogP contribution in [0.25, 0.3) is 6.08 Å². The molecule has 0 fully saturated rings. The van der Waals surface area contributed by atoms with E-state index < -0.39 is 0 Å². The van der Waals surface area contributed by atoms with Crippen molar-refractivity contribution in [3.8, 4) is 0 Å². The molecule has 92 valence electrons. The molecule has 1 heterocycles. The molecule has 6 heteroatoms. The number of ether oxygens (including phenoxy) is 1. The zero-order valence-electron chi connectivity index (χ0n) is 9.43. The van der Waals surface area contributed by atoms with Gasteiger partial charge in [-0.3, -0.25) is 15.0 Å². The Kier molecular flexibility index (Phi) is 5.38. The van der Waals surface area contributed by atoms with E-state index in [2.05, 4.69) is 5.43 Å². The summed E-state index contributed by atoms with van der Waals surface area (Å²) in [5.41, 5.74) is 2.06. The molecule has 0 bridgehead atoms. The number of nitrogen functional groups attached to an aromatic ring is 1. The molecular formula is C11H14N2O3S. The zero-order valence-corrected chi connectivity index (χ0v) is 10.3. The zero-order chi connectivity index (χ0) is 12.7. The lowest BCUT2D eigenvalue weighted by Gasteiger charge is -1.96. The van der Waals surface area contributed by atoms with Crippen LogP contribution in [0.4, 0.5) is 0 Å². The Morgan fingerprint density at radius 1 is 1.53 bits per heavy atom. The van der Waals surface area contributed by atoms with Gasteiger partial charge in [-0.1, -0.05) is 6.08 Å². The lowest BCUT2D eigenvalue weighted by Crippen LogP contribution is -2.29. The largest absolute Gasteiger partial charge is 0.466 e. The molecule has 1 amide bonds. The summed E-state index contributed by atoms with van der Waals surface area (Å²) in [6, 6.07) is 3.47. The number of carbonyl (C=O) groups excluding carboxylic acids is 2. The summed E-state index contributed by atoms with van der Waals surface area (Å²) in [5.74, 6) is 4.43. The van der Waals surface area contributed by atoms with Gasteiger partial charge >= 0.3 is 5.97 Å². The minimum Gasteiger partial charge on any atom is -0.466 e. The maximum atomic E-state index is 11.2. The molecular weight excluding hydrogens is 240 g/mol. The first kappa shape index (κ1) is 13.4. The van der Waals surface area contributed by atoms with Gasteiger partial charge in [0.2, 0.25) is 0 Å². The van der Waals surface area contributed by atoms with Crippen LogP contribution in [0.3, 0.4) is 0 Å². The summed E-state index contributed by atoms with van der Waals surface area (Å²) in [6.45, 7) is 2.14. The third-order valence-electron chi connectivity index (χ3n) is 1.85. The van der Waals surface area contributed by atoms with Crippen LogP contribution in [0.5, 0.6) is 0 Å². The SMILES string of the molecule is CCOC(=O)CC=Cc1ccc(C(=O)NN)s1. The van der Waals surface area contributed by atoms with Gasteiger partial charge in [0.05, 0.1) is 17.9 Å². The molecule has 1 aromatic heterocycles. The summed E-state index contributed by atoms with van der Waals surface area (Å²) in [4.78, 5) is 23.6. The van der Waals surface area contributed by atoms with Crippen molar-refractivity contribution in [3.63, 3.8) is 0 Å². The Bertz CT molecular complexity index is 426. The fraction of sp³-hybridized carbons (Fsp3) is 0.273. The number of amides is 1. The predicted molar refractivity (Wildman–Crippen MR) is 66.3 cm³/mol. The summed E-state index contributed by atoms with van der Waals surface area (Å²) in [7, 11) is 0. The maximum absolute atomic E-state index is 11.2. The highest BCUT2D eigenvalue weighted by Crippen LogP contribution is 2.17. The Balaban J connectivity index is 2.51. The minimum absolute atomic E-state index is 0.226. The fourth-order valence-corrected chi connectivity index (χ4v) is 1.97. The van der Waals surface area contributed by atoms with E-state index in [9.17, 15) is 9.59 Å². The van der Waals surface area contributed by atoms with Gasteiger partial charge in [-0.15, -0.1) is 11.3 Å². The van der Waals surface area contributed by atoms with Crippen LogP contribution in [0, 0.1) is 0 Å². The van der Waals surface area contributed by atoms with Crippen molar-refractivity contribution in [2.75, 3.05) is 6.61 Å². The van der Waals surface area contributed by atoms with E-state index in [1.54, 1.807) is 31.2 Å². The molecule has 0 saturated carbocycles. The van der Waals surface area contributed by atoms with Crippen molar-refractivity contribution in [1.82, 2.24) is 5.43 Å². The number of hydrazine groups is 1. The van der Waals surface area contributed by atoms with Crippen LogP contribution in [-0.2, 0) is 9.53 Å². The second kappa shape index (κ2) is 6.82. The van der Waals surface area contributed by atoms with Crippen molar-refractivity contribution in [1.29, 1.82) is 0 Å². The molecule has 0 aliphatic carbocycles. The van der Waals surface area contributed by atoms with E-state index in [0.29, 0.717) is 11.5 Å². The van der Waals surface area contributed by atoms with Gasteiger partial charge in [0.25, 0.3) is 5.91 Å². The van der Waals surface area contributed by atoms with Gasteiger partial charge in [-0.2, -0.15) is 0 Å². The molecule has 0 spiro atoms. The molecule has 0 radical (unpaired) electrons. The quantitative estimate of drug-likeness (QED) is 0.359. The fourth-order valence-electron chi connectivity index (χ4n) is 1.13. The monoisotopic (exact) mass is 254 g/mol. The first-order valence-electron chi connectivity index (χ1n) is 5.10. The van der Waals surface area contributed by atoms with Gasteiger partial charge in [0.1, 0.15) is 0 Å². The Hall–Kier alpha value is -1.66. The van der Waals surface area contributed by atoms with Gasteiger partial charge in [-0.25, -0.2) is 5.84 Å². The topological polar surface area (TPSA) is 81.4 Å². The van der Waals surface area contributed by atoms with Crippen LogP contribution in [-0.4, -0.2) is 18.5 Å². The lowest BCUT2D eigenvalue weighted by atomic mass is 10.3. The number of nitrogens with two attached hydrogens (primary N) is 1. The molecule has 0 saturated heterocycles. The molecule has 0 aromatic carbocycles. The Labute approximate surface area is 103 Å². The summed E-state index contributed by atoms with van der Waals surface area (Å²) < 4.78 is 4.77. The van der Waals surface area contributed by atoms with Crippen molar-refractivity contribution in [2.24, 2.45) is 5.84 Å². The minimum atomic E-state index is -0.319. The van der Waals surface area contributed by atoms with E-state index in [4.69, 9.17) is 10.6 Å². The van der Waals surface area contributed by atoms with Gasteiger partial charge < -0.3 is 4.74 Å². The second-order valence-electron chi connectivity index (χ2n) is 3.09. The number of hydrogen-bond acceptors (Lipinski definition) is 5.